The largest absolute Gasteiger partial charge is 0.336 e. The summed E-state index contributed by atoms with van der Waals surface area (Å²) < 4.78 is 0. The van der Waals surface area contributed by atoms with E-state index in [9.17, 15) is 4.79 Å². The lowest BCUT2D eigenvalue weighted by atomic mass is 9.91. The average molecular weight is 267 g/mol. The van der Waals surface area contributed by atoms with E-state index < -0.39 is 0 Å². The van der Waals surface area contributed by atoms with Crippen LogP contribution in [0.25, 0.3) is 0 Å². The number of piperidine rings is 1. The Morgan fingerprint density at radius 1 is 1.50 bits per heavy atom. The molecule has 1 fully saturated rings. The van der Waals surface area contributed by atoms with Crippen molar-refractivity contribution in [2.45, 2.75) is 39.7 Å². The summed E-state index contributed by atoms with van der Waals surface area (Å²) >= 11 is 6.14. The van der Waals surface area contributed by atoms with E-state index in [0.717, 1.165) is 18.7 Å². The molecule has 2 heterocycles. The lowest BCUT2D eigenvalue weighted by Gasteiger charge is -2.38. The molecule has 2 rings (SSSR count). The van der Waals surface area contributed by atoms with Crippen molar-refractivity contribution in [3.63, 3.8) is 0 Å². The third kappa shape index (κ3) is 2.51. The second-order valence-corrected chi connectivity index (χ2v) is 5.57. The first-order chi connectivity index (χ1) is 8.50. The first-order valence-corrected chi connectivity index (χ1v) is 6.81. The number of halogens is 1. The minimum Gasteiger partial charge on any atom is -0.336 e. The van der Waals surface area contributed by atoms with Crippen LogP contribution in [0.3, 0.4) is 0 Å². The number of carbonyl (C=O) groups excluding carboxylic acids is 1. The molecule has 1 aliphatic rings. The van der Waals surface area contributed by atoms with Crippen LogP contribution in [0.5, 0.6) is 0 Å². The number of pyridine rings is 1. The van der Waals surface area contributed by atoms with Gasteiger partial charge in [-0.25, -0.2) is 0 Å². The van der Waals surface area contributed by atoms with Crippen LogP contribution in [-0.2, 0) is 0 Å². The van der Waals surface area contributed by atoms with Crippen molar-refractivity contribution in [3.8, 4) is 0 Å². The number of hydrogen-bond acceptors (Lipinski definition) is 2. The highest BCUT2D eigenvalue weighted by Gasteiger charge is 2.29. The van der Waals surface area contributed by atoms with Gasteiger partial charge in [0, 0.05) is 24.5 Å². The molecule has 1 saturated heterocycles. The van der Waals surface area contributed by atoms with Crippen LogP contribution in [0.4, 0.5) is 0 Å². The SMILES string of the molecule is Cc1cc(Cl)c(C(=O)N2CCCC(C)C2C)cn1. The molecule has 1 aromatic rings. The van der Waals surface area contributed by atoms with Crippen molar-refractivity contribution < 1.29 is 4.79 Å². The van der Waals surface area contributed by atoms with E-state index in [2.05, 4.69) is 18.8 Å². The van der Waals surface area contributed by atoms with Gasteiger partial charge in [0.1, 0.15) is 0 Å². The number of carbonyl (C=O) groups is 1. The minimum absolute atomic E-state index is 0.00606. The zero-order valence-corrected chi connectivity index (χ0v) is 11.9. The van der Waals surface area contributed by atoms with Crippen LogP contribution in [0.15, 0.2) is 12.3 Å². The van der Waals surface area contributed by atoms with Gasteiger partial charge in [-0.2, -0.15) is 0 Å². The maximum absolute atomic E-state index is 12.5. The Morgan fingerprint density at radius 2 is 2.22 bits per heavy atom. The highest BCUT2D eigenvalue weighted by molar-refractivity contribution is 6.33. The lowest BCUT2D eigenvalue weighted by Crippen LogP contribution is -2.46. The van der Waals surface area contributed by atoms with Crippen LogP contribution < -0.4 is 0 Å². The molecule has 2 unspecified atom stereocenters. The summed E-state index contributed by atoms with van der Waals surface area (Å²) in [5.74, 6) is 0.548. The maximum atomic E-state index is 12.5. The van der Waals surface area contributed by atoms with E-state index >= 15 is 0 Å². The summed E-state index contributed by atoms with van der Waals surface area (Å²) in [6, 6.07) is 2.01. The van der Waals surface area contributed by atoms with Crippen molar-refractivity contribution in [1.82, 2.24) is 9.88 Å². The molecule has 0 radical (unpaired) electrons. The first kappa shape index (κ1) is 13.3. The molecule has 2 atom stereocenters. The standard InChI is InChI=1S/C14H19ClN2O/c1-9-5-4-6-17(11(9)3)14(18)12-8-16-10(2)7-13(12)15/h7-9,11H,4-6H2,1-3H3. The van der Waals surface area contributed by atoms with E-state index in [-0.39, 0.29) is 11.9 Å². The molecule has 0 aromatic carbocycles. The second-order valence-electron chi connectivity index (χ2n) is 5.16. The fourth-order valence-electron chi connectivity index (χ4n) is 2.46. The topological polar surface area (TPSA) is 33.2 Å². The van der Waals surface area contributed by atoms with Gasteiger partial charge in [0.25, 0.3) is 5.91 Å². The number of hydrogen-bond donors (Lipinski definition) is 0. The van der Waals surface area contributed by atoms with Crippen LogP contribution in [0, 0.1) is 12.8 Å². The van der Waals surface area contributed by atoms with Crippen molar-refractivity contribution in [2.24, 2.45) is 5.92 Å². The average Bonchev–Trinajstić information content (AvgIpc) is 2.32. The Bertz CT molecular complexity index is 461. The number of nitrogens with zero attached hydrogens (tertiary/aromatic N) is 2. The van der Waals surface area contributed by atoms with Crippen molar-refractivity contribution in [1.29, 1.82) is 0 Å². The number of amides is 1. The highest BCUT2D eigenvalue weighted by atomic mass is 35.5. The zero-order valence-electron chi connectivity index (χ0n) is 11.1. The van der Waals surface area contributed by atoms with Gasteiger partial charge in [0.05, 0.1) is 10.6 Å². The van der Waals surface area contributed by atoms with Gasteiger partial charge >= 0.3 is 0 Å². The molecule has 18 heavy (non-hydrogen) atoms. The Kier molecular flexibility index (Phi) is 3.91. The van der Waals surface area contributed by atoms with Gasteiger partial charge in [-0.1, -0.05) is 18.5 Å². The summed E-state index contributed by atoms with van der Waals surface area (Å²) in [5.41, 5.74) is 1.35. The summed E-state index contributed by atoms with van der Waals surface area (Å²) in [6.07, 6.45) is 3.84. The summed E-state index contributed by atoms with van der Waals surface area (Å²) in [4.78, 5) is 18.6. The predicted octanol–water partition coefficient (Wildman–Crippen LogP) is 3.30. The van der Waals surface area contributed by atoms with Gasteiger partial charge in [0.15, 0.2) is 0 Å². The number of rotatable bonds is 1. The van der Waals surface area contributed by atoms with Gasteiger partial charge < -0.3 is 4.90 Å². The first-order valence-electron chi connectivity index (χ1n) is 6.44. The molecule has 1 aliphatic heterocycles. The number of aromatic nitrogens is 1. The van der Waals surface area contributed by atoms with Crippen molar-refractivity contribution in [2.75, 3.05) is 6.54 Å². The zero-order chi connectivity index (χ0) is 13.3. The monoisotopic (exact) mass is 266 g/mol. The van der Waals surface area contributed by atoms with E-state index in [4.69, 9.17) is 11.6 Å². The van der Waals surface area contributed by atoms with E-state index in [1.165, 1.54) is 6.42 Å². The van der Waals surface area contributed by atoms with E-state index in [0.29, 0.717) is 16.5 Å². The van der Waals surface area contributed by atoms with Crippen molar-refractivity contribution >= 4 is 17.5 Å². The second kappa shape index (κ2) is 5.27. The molecule has 0 aliphatic carbocycles. The minimum atomic E-state index is 0.00606. The summed E-state index contributed by atoms with van der Waals surface area (Å²) in [5, 5.41) is 0.498. The van der Waals surface area contributed by atoms with Gasteiger partial charge in [-0.15, -0.1) is 0 Å². The molecule has 1 amide bonds. The Labute approximate surface area is 113 Å². The quantitative estimate of drug-likeness (QED) is 0.781. The Balaban J connectivity index is 2.25. The van der Waals surface area contributed by atoms with Gasteiger partial charge in [0.2, 0.25) is 0 Å². The van der Waals surface area contributed by atoms with Crippen LogP contribution in [0.2, 0.25) is 5.02 Å². The molecular formula is C14H19ClN2O. The van der Waals surface area contributed by atoms with Crippen molar-refractivity contribution in [3.05, 3.63) is 28.5 Å². The van der Waals surface area contributed by atoms with E-state index in [1.54, 1.807) is 12.3 Å². The third-order valence-corrected chi connectivity index (χ3v) is 4.17. The lowest BCUT2D eigenvalue weighted by molar-refractivity contribution is 0.0551. The smallest absolute Gasteiger partial charge is 0.257 e. The molecule has 0 N–H and O–H groups in total. The molecule has 1 aromatic heterocycles. The normalized spacial score (nSPS) is 24.1. The van der Waals surface area contributed by atoms with Gasteiger partial charge in [-0.05, 0) is 38.7 Å². The highest BCUT2D eigenvalue weighted by Crippen LogP contribution is 2.26. The predicted molar refractivity (Wildman–Crippen MR) is 72.9 cm³/mol. The maximum Gasteiger partial charge on any atom is 0.257 e. The number of likely N-dealkylation sites (tertiary alicyclic amines) is 1. The Morgan fingerprint density at radius 3 is 2.89 bits per heavy atom. The fraction of sp³-hybridized carbons (Fsp3) is 0.571. The van der Waals surface area contributed by atoms with Crippen LogP contribution in [-0.4, -0.2) is 28.4 Å². The van der Waals surface area contributed by atoms with Crippen LogP contribution in [0.1, 0.15) is 42.7 Å². The molecule has 0 spiro atoms. The Hall–Kier alpha value is -1.09. The van der Waals surface area contributed by atoms with E-state index in [1.807, 2.05) is 11.8 Å². The third-order valence-electron chi connectivity index (χ3n) is 3.86. The molecule has 4 heteroatoms. The van der Waals surface area contributed by atoms with Gasteiger partial charge in [-0.3, -0.25) is 9.78 Å². The molecule has 0 saturated carbocycles. The molecule has 0 bridgehead atoms. The molecule has 98 valence electrons. The summed E-state index contributed by atoms with van der Waals surface area (Å²) in [7, 11) is 0. The number of aryl methyl sites for hydroxylation is 1. The molecule has 3 nitrogen and oxygen atoms in total. The fourth-order valence-corrected chi connectivity index (χ4v) is 2.75. The molecular weight excluding hydrogens is 248 g/mol. The summed E-state index contributed by atoms with van der Waals surface area (Å²) in [6.45, 7) is 6.98. The van der Waals surface area contributed by atoms with Crippen LogP contribution >= 0.6 is 11.6 Å².